The molecule has 2 spiro atoms. The Kier molecular flexibility index (Phi) is 3.89. The van der Waals surface area contributed by atoms with Crippen LogP contribution in [0.5, 0.6) is 0 Å². The van der Waals surface area contributed by atoms with E-state index < -0.39 is 0 Å². The van der Waals surface area contributed by atoms with Crippen LogP contribution in [0.4, 0.5) is 0 Å². The van der Waals surface area contributed by atoms with Crippen LogP contribution in [0.3, 0.4) is 0 Å². The highest BCUT2D eigenvalue weighted by atomic mass is 16.6. The second-order valence-corrected chi connectivity index (χ2v) is 9.41. The number of esters is 1. The summed E-state index contributed by atoms with van der Waals surface area (Å²) < 4.78 is 6.34. The van der Waals surface area contributed by atoms with Crippen molar-refractivity contribution >= 4 is 5.97 Å². The molecule has 3 aliphatic carbocycles. The van der Waals surface area contributed by atoms with Crippen LogP contribution in [0.15, 0.2) is 0 Å². The van der Waals surface area contributed by atoms with Crippen LogP contribution >= 0.6 is 0 Å². The molecule has 0 amide bonds. The maximum Gasteiger partial charge on any atom is 0.312 e. The van der Waals surface area contributed by atoms with Gasteiger partial charge in [-0.2, -0.15) is 0 Å². The van der Waals surface area contributed by atoms with Crippen LogP contribution in [-0.4, -0.2) is 11.6 Å². The Morgan fingerprint density at radius 2 is 1.55 bits per heavy atom. The van der Waals surface area contributed by atoms with E-state index in [2.05, 4.69) is 13.8 Å². The van der Waals surface area contributed by atoms with Gasteiger partial charge in [-0.25, -0.2) is 0 Å². The first-order chi connectivity index (χ1) is 10.3. The molecule has 1 unspecified atom stereocenters. The molecule has 3 rings (SSSR count). The Morgan fingerprint density at radius 3 is 2.09 bits per heavy atom. The highest BCUT2D eigenvalue weighted by molar-refractivity contribution is 5.76. The zero-order valence-corrected chi connectivity index (χ0v) is 15.1. The van der Waals surface area contributed by atoms with Crippen molar-refractivity contribution in [3.63, 3.8) is 0 Å². The predicted octanol–water partition coefficient (Wildman–Crippen LogP) is 5.64. The number of ether oxygens (including phenoxy) is 1. The third-order valence-electron chi connectivity index (χ3n) is 7.53. The molecule has 0 saturated heterocycles. The first kappa shape index (κ1) is 16.3. The second-order valence-electron chi connectivity index (χ2n) is 9.41. The number of carbonyl (C=O) groups excluding carboxylic acids is 1. The summed E-state index contributed by atoms with van der Waals surface area (Å²) in [6, 6.07) is 0. The minimum atomic E-state index is -0.353. The summed E-state index contributed by atoms with van der Waals surface area (Å²) in [4.78, 5) is 12.8. The Hall–Kier alpha value is -0.530. The fourth-order valence-electron chi connectivity index (χ4n) is 5.74. The number of rotatable bonds is 3. The summed E-state index contributed by atoms with van der Waals surface area (Å²) in [5.74, 6) is 0.0267. The summed E-state index contributed by atoms with van der Waals surface area (Å²) in [7, 11) is 0. The van der Waals surface area contributed by atoms with Crippen molar-refractivity contribution in [2.75, 3.05) is 0 Å². The van der Waals surface area contributed by atoms with Gasteiger partial charge >= 0.3 is 5.97 Å². The van der Waals surface area contributed by atoms with E-state index in [1.165, 1.54) is 57.8 Å². The first-order valence-corrected chi connectivity index (χ1v) is 9.50. The Balaban J connectivity index is 1.87. The van der Waals surface area contributed by atoms with E-state index in [1.807, 2.05) is 13.8 Å². The fourth-order valence-corrected chi connectivity index (χ4v) is 5.74. The van der Waals surface area contributed by atoms with Gasteiger partial charge in [0, 0.05) is 5.41 Å². The maximum atomic E-state index is 12.8. The van der Waals surface area contributed by atoms with Gasteiger partial charge in [-0.15, -0.1) is 0 Å². The Bertz CT molecular complexity index is 439. The lowest BCUT2D eigenvalue weighted by atomic mass is 9.72. The normalized spacial score (nSPS) is 32.9. The van der Waals surface area contributed by atoms with Crippen LogP contribution in [-0.2, 0) is 9.53 Å². The van der Waals surface area contributed by atoms with Crippen molar-refractivity contribution in [3.8, 4) is 0 Å². The van der Waals surface area contributed by atoms with Crippen LogP contribution in [0, 0.1) is 16.2 Å². The van der Waals surface area contributed by atoms with E-state index in [1.54, 1.807) is 0 Å². The lowest BCUT2D eigenvalue weighted by Gasteiger charge is -2.42. The molecular weight excluding hydrogens is 272 g/mol. The van der Waals surface area contributed by atoms with E-state index in [9.17, 15) is 4.79 Å². The summed E-state index contributed by atoms with van der Waals surface area (Å²) in [5.41, 5.74) is 0.179. The quantitative estimate of drug-likeness (QED) is 0.631. The second kappa shape index (κ2) is 5.24. The minimum absolute atomic E-state index is 0.0267. The van der Waals surface area contributed by atoms with Gasteiger partial charge in [0.25, 0.3) is 0 Å². The minimum Gasteiger partial charge on any atom is -0.458 e. The van der Waals surface area contributed by atoms with Gasteiger partial charge in [-0.1, -0.05) is 32.6 Å². The van der Waals surface area contributed by atoms with E-state index in [0.717, 1.165) is 12.8 Å². The largest absolute Gasteiger partial charge is 0.458 e. The molecule has 22 heavy (non-hydrogen) atoms. The third-order valence-corrected chi connectivity index (χ3v) is 7.53. The molecule has 3 aliphatic rings. The van der Waals surface area contributed by atoms with Crippen molar-refractivity contribution in [3.05, 3.63) is 0 Å². The smallest absolute Gasteiger partial charge is 0.312 e. The molecule has 2 nitrogen and oxygen atoms in total. The van der Waals surface area contributed by atoms with Gasteiger partial charge in [-0.3, -0.25) is 4.79 Å². The van der Waals surface area contributed by atoms with Crippen molar-refractivity contribution in [2.24, 2.45) is 16.2 Å². The molecule has 0 N–H and O–H groups in total. The summed E-state index contributed by atoms with van der Waals surface area (Å²) in [5, 5.41) is 0. The van der Waals surface area contributed by atoms with Gasteiger partial charge < -0.3 is 4.74 Å². The molecule has 3 saturated carbocycles. The first-order valence-electron chi connectivity index (χ1n) is 9.50. The highest BCUT2D eigenvalue weighted by Gasteiger charge is 2.64. The molecule has 3 fully saturated rings. The van der Waals surface area contributed by atoms with Crippen LogP contribution in [0.2, 0.25) is 0 Å². The van der Waals surface area contributed by atoms with Gasteiger partial charge in [0.15, 0.2) is 0 Å². The lowest BCUT2D eigenvalue weighted by molar-refractivity contribution is -0.181. The van der Waals surface area contributed by atoms with Crippen molar-refractivity contribution in [1.82, 2.24) is 0 Å². The highest BCUT2D eigenvalue weighted by Crippen LogP contribution is 2.68. The van der Waals surface area contributed by atoms with Gasteiger partial charge in [-0.05, 0) is 71.1 Å². The van der Waals surface area contributed by atoms with Gasteiger partial charge in [0.1, 0.15) is 5.60 Å². The molecule has 126 valence electrons. The van der Waals surface area contributed by atoms with E-state index in [-0.39, 0.29) is 22.4 Å². The van der Waals surface area contributed by atoms with E-state index in [0.29, 0.717) is 5.41 Å². The van der Waals surface area contributed by atoms with E-state index >= 15 is 0 Å². The summed E-state index contributed by atoms with van der Waals surface area (Å²) in [6.45, 7) is 8.41. The van der Waals surface area contributed by atoms with Crippen LogP contribution in [0.1, 0.15) is 98.3 Å². The number of hydrogen-bond acceptors (Lipinski definition) is 2. The van der Waals surface area contributed by atoms with Gasteiger partial charge in [0.05, 0.1) is 5.41 Å². The molecule has 0 bridgehead atoms. The molecule has 0 aromatic rings. The number of hydrogen-bond donors (Lipinski definition) is 0. The third kappa shape index (κ3) is 2.41. The summed E-state index contributed by atoms with van der Waals surface area (Å²) in [6.07, 6.45) is 13.9. The molecule has 2 heteroatoms. The molecule has 0 heterocycles. The molecule has 0 radical (unpaired) electrons. The zero-order valence-electron chi connectivity index (χ0n) is 15.1. The van der Waals surface area contributed by atoms with Crippen molar-refractivity contribution in [1.29, 1.82) is 0 Å². The standard InChI is InChI=1S/C20H34O2/c1-5-17(2,3)16(21)22-18(4)14-19(10-6-7-11-19)15-20(18)12-8-9-13-20/h5-15H2,1-4H3. The maximum absolute atomic E-state index is 12.8. The van der Waals surface area contributed by atoms with Crippen LogP contribution in [0.25, 0.3) is 0 Å². The van der Waals surface area contributed by atoms with Crippen molar-refractivity contribution < 1.29 is 9.53 Å². The SMILES string of the molecule is CCC(C)(C)C(=O)OC1(C)CC2(CCCC2)CC12CCCC2. The van der Waals surface area contributed by atoms with Crippen molar-refractivity contribution in [2.45, 2.75) is 104 Å². The monoisotopic (exact) mass is 306 g/mol. The predicted molar refractivity (Wildman–Crippen MR) is 89.6 cm³/mol. The molecule has 0 aromatic carbocycles. The lowest BCUT2D eigenvalue weighted by Crippen LogP contribution is -2.46. The van der Waals surface area contributed by atoms with Crippen LogP contribution < -0.4 is 0 Å². The molecule has 0 aliphatic heterocycles. The average molecular weight is 306 g/mol. The average Bonchev–Trinajstić information content (AvgIpc) is 3.14. The molecular formula is C20H34O2. The fraction of sp³-hybridized carbons (Fsp3) is 0.950. The topological polar surface area (TPSA) is 26.3 Å². The molecule has 1 atom stereocenters. The van der Waals surface area contributed by atoms with Gasteiger partial charge in [0.2, 0.25) is 0 Å². The zero-order chi connectivity index (χ0) is 16.1. The Labute approximate surface area is 136 Å². The Morgan fingerprint density at radius 1 is 1.00 bits per heavy atom. The molecule has 0 aromatic heterocycles. The number of carbonyl (C=O) groups is 1. The summed E-state index contributed by atoms with van der Waals surface area (Å²) >= 11 is 0. The van der Waals surface area contributed by atoms with E-state index in [4.69, 9.17) is 4.74 Å².